The Labute approximate surface area is 347 Å². The minimum absolute atomic E-state index is 0.00205. The van der Waals surface area contributed by atoms with Crippen molar-refractivity contribution >= 4 is 34.8 Å². The van der Waals surface area contributed by atoms with E-state index in [-0.39, 0.29) is 65.8 Å². The van der Waals surface area contributed by atoms with Gasteiger partial charge in [0.05, 0.1) is 61.6 Å². The largest absolute Gasteiger partial charge is 0.494 e. The van der Waals surface area contributed by atoms with Crippen LogP contribution in [0.5, 0.6) is 5.75 Å². The van der Waals surface area contributed by atoms with Crippen molar-refractivity contribution in [2.24, 2.45) is 0 Å². The second-order valence-electron chi connectivity index (χ2n) is 12.9. The lowest BCUT2D eigenvalue weighted by Crippen LogP contribution is -2.06. The first-order chi connectivity index (χ1) is 28.0. The molecular formula is C43H26Cl3FN10O. The first-order valence-corrected chi connectivity index (χ1v) is 18.4. The predicted octanol–water partition coefficient (Wildman–Crippen LogP) is 10.4. The highest BCUT2D eigenvalue weighted by atomic mass is 35.5. The molecular weight excluding hydrogens is 798 g/mol. The maximum Gasteiger partial charge on any atom is 0.160 e. The lowest BCUT2D eigenvalue weighted by Gasteiger charge is -2.18. The van der Waals surface area contributed by atoms with Crippen molar-refractivity contribution in [3.8, 4) is 91.8 Å². The van der Waals surface area contributed by atoms with Crippen LogP contribution in [0.4, 0.5) is 4.39 Å². The van der Waals surface area contributed by atoms with Crippen LogP contribution in [0.2, 0.25) is 15.1 Å². The minimum atomic E-state index is -0.841. The van der Waals surface area contributed by atoms with Crippen molar-refractivity contribution in [3.05, 3.63) is 127 Å². The van der Waals surface area contributed by atoms with E-state index in [1.54, 1.807) is 45.2 Å². The van der Waals surface area contributed by atoms with E-state index in [1.807, 2.05) is 6.92 Å². The van der Waals surface area contributed by atoms with Gasteiger partial charge in [0.1, 0.15) is 46.7 Å². The van der Waals surface area contributed by atoms with Gasteiger partial charge in [-0.05, 0) is 80.3 Å². The van der Waals surface area contributed by atoms with E-state index in [0.717, 1.165) is 0 Å². The van der Waals surface area contributed by atoms with E-state index in [1.165, 1.54) is 50.2 Å². The molecule has 0 aliphatic carbocycles. The van der Waals surface area contributed by atoms with Crippen molar-refractivity contribution in [1.29, 1.82) is 15.8 Å². The summed E-state index contributed by atoms with van der Waals surface area (Å²) in [6, 6.07) is 14.6. The molecule has 7 rings (SSSR count). The Morgan fingerprint density at radius 1 is 0.552 bits per heavy atom. The maximum absolute atomic E-state index is 16.9. The third kappa shape index (κ3) is 6.52. The van der Waals surface area contributed by atoms with Gasteiger partial charge in [-0.2, -0.15) is 15.8 Å². The van der Waals surface area contributed by atoms with Gasteiger partial charge in [0.2, 0.25) is 0 Å². The zero-order chi connectivity index (χ0) is 41.4. The fourth-order valence-corrected chi connectivity index (χ4v) is 7.23. The van der Waals surface area contributed by atoms with Crippen molar-refractivity contribution in [2.45, 2.75) is 27.7 Å². The quantitative estimate of drug-likeness (QED) is 0.150. The third-order valence-electron chi connectivity index (χ3n) is 9.72. The second-order valence-corrected chi connectivity index (χ2v) is 14.0. The van der Waals surface area contributed by atoms with E-state index in [4.69, 9.17) is 49.5 Å². The van der Waals surface area contributed by atoms with Crippen LogP contribution in [0.25, 0.3) is 67.8 Å². The smallest absolute Gasteiger partial charge is 0.160 e. The van der Waals surface area contributed by atoms with Gasteiger partial charge in [-0.25, -0.2) is 9.37 Å². The number of aromatic nitrogens is 7. The Morgan fingerprint density at radius 2 is 1.19 bits per heavy atom. The van der Waals surface area contributed by atoms with Crippen LogP contribution in [0.15, 0.2) is 67.5 Å². The number of ether oxygens (including phenoxy) is 1. The molecule has 0 saturated heterocycles. The zero-order valence-electron chi connectivity index (χ0n) is 31.2. The van der Waals surface area contributed by atoms with Gasteiger partial charge in [0.25, 0.3) is 0 Å². The van der Waals surface area contributed by atoms with Crippen LogP contribution in [0.1, 0.15) is 38.9 Å². The third-order valence-corrected chi connectivity index (χ3v) is 11.0. The fraction of sp³-hybridized carbons (Fsp3) is 0.116. The molecule has 58 heavy (non-hydrogen) atoms. The molecule has 0 N–H and O–H groups in total. The molecule has 0 aliphatic rings. The highest BCUT2D eigenvalue weighted by Gasteiger charge is 2.28. The van der Waals surface area contributed by atoms with Crippen LogP contribution in [-0.2, 0) is 0 Å². The molecule has 0 unspecified atom stereocenters. The molecule has 0 spiro atoms. The highest BCUT2D eigenvalue weighted by molar-refractivity contribution is 6.44. The van der Waals surface area contributed by atoms with Crippen LogP contribution >= 0.6 is 34.8 Å². The van der Waals surface area contributed by atoms with Crippen LogP contribution in [-0.4, -0.2) is 42.0 Å². The Balaban J connectivity index is 1.39. The standard InChI is InChI=1S/C43H26Cl3FN10O/c1-20-18-55-42(32(33(20)45)41-34(46)30(44)10-14-53-41)43-35(47)25(9-13-54-43)38-28(17-50)24(8-12-52-38)36-23(4)26(15-48)29(19-56-36)37-22(3)21(2)27(16-49)39(57-37)40-31(58-5)7-6-11-51-40/h6-14,18-19H,1-5H3. The summed E-state index contributed by atoms with van der Waals surface area (Å²) in [6.07, 6.45) is 8.79. The van der Waals surface area contributed by atoms with E-state index in [2.05, 4.69) is 43.1 Å². The average molecular weight is 824 g/mol. The molecule has 0 atom stereocenters. The molecule has 7 aromatic rings. The van der Waals surface area contributed by atoms with Gasteiger partial charge in [0.15, 0.2) is 5.82 Å². The summed E-state index contributed by atoms with van der Waals surface area (Å²) in [7, 11) is 1.50. The number of methoxy groups -OCH3 is 1. The summed E-state index contributed by atoms with van der Waals surface area (Å²) >= 11 is 19.6. The number of hydrogen-bond donors (Lipinski definition) is 0. The monoisotopic (exact) mass is 822 g/mol. The molecule has 282 valence electrons. The molecule has 0 fully saturated rings. The van der Waals surface area contributed by atoms with Gasteiger partial charge in [-0.1, -0.05) is 34.8 Å². The molecule has 7 aromatic heterocycles. The molecule has 0 aromatic carbocycles. The summed E-state index contributed by atoms with van der Waals surface area (Å²) in [6.45, 7) is 7.05. The Morgan fingerprint density at radius 3 is 1.90 bits per heavy atom. The van der Waals surface area contributed by atoms with Crippen molar-refractivity contribution in [1.82, 2.24) is 34.9 Å². The summed E-state index contributed by atoms with van der Waals surface area (Å²) in [4.78, 5) is 31.7. The van der Waals surface area contributed by atoms with E-state index >= 15 is 4.39 Å². The second kappa shape index (κ2) is 15.9. The molecule has 0 bridgehead atoms. The Kier molecular flexibility index (Phi) is 10.8. The van der Waals surface area contributed by atoms with Crippen LogP contribution < -0.4 is 4.74 Å². The molecule has 15 heteroatoms. The van der Waals surface area contributed by atoms with Crippen LogP contribution in [0.3, 0.4) is 0 Å². The summed E-state index contributed by atoms with van der Waals surface area (Å²) < 4.78 is 22.4. The number of halogens is 4. The molecule has 0 saturated carbocycles. The minimum Gasteiger partial charge on any atom is -0.494 e. The lowest BCUT2D eigenvalue weighted by molar-refractivity contribution is 0.414. The molecule has 0 amide bonds. The first-order valence-electron chi connectivity index (χ1n) is 17.3. The van der Waals surface area contributed by atoms with Crippen molar-refractivity contribution in [2.75, 3.05) is 7.11 Å². The fourth-order valence-electron chi connectivity index (χ4n) is 6.65. The summed E-state index contributed by atoms with van der Waals surface area (Å²) in [5.74, 6) is -0.422. The van der Waals surface area contributed by atoms with Gasteiger partial charge >= 0.3 is 0 Å². The molecule has 7 heterocycles. The van der Waals surface area contributed by atoms with Gasteiger partial charge in [-0.15, -0.1) is 0 Å². The Bertz CT molecular complexity index is 2990. The van der Waals surface area contributed by atoms with E-state index in [0.29, 0.717) is 61.8 Å². The number of nitrogens with zero attached hydrogens (tertiary/aromatic N) is 10. The van der Waals surface area contributed by atoms with Gasteiger partial charge < -0.3 is 4.74 Å². The lowest BCUT2D eigenvalue weighted by atomic mass is 9.91. The number of pyridine rings is 7. The summed E-state index contributed by atoms with van der Waals surface area (Å²) in [5.41, 5.74) is 5.10. The number of aryl methyl sites for hydroxylation is 1. The maximum atomic E-state index is 16.9. The SMILES string of the molecule is COc1cccnc1-c1nc(-c2cnc(-c3ccnc(-c4ccnc(-c5ncc(C)c(Cl)c5-c5nccc(Cl)c5Cl)c4F)c3C#N)c(C)c2C#N)c(C)c(C)c1C#N. The topological polar surface area (TPSA) is 171 Å². The van der Waals surface area contributed by atoms with Gasteiger partial charge in [0, 0.05) is 59.4 Å². The molecule has 0 aliphatic heterocycles. The highest BCUT2D eigenvalue weighted by Crippen LogP contribution is 2.44. The zero-order valence-corrected chi connectivity index (χ0v) is 33.5. The summed E-state index contributed by atoms with van der Waals surface area (Å²) in [5, 5.41) is 31.9. The van der Waals surface area contributed by atoms with Crippen molar-refractivity contribution < 1.29 is 9.13 Å². The van der Waals surface area contributed by atoms with Crippen LogP contribution in [0, 0.1) is 67.5 Å². The number of rotatable bonds is 7. The molecule has 11 nitrogen and oxygen atoms in total. The van der Waals surface area contributed by atoms with Crippen molar-refractivity contribution in [3.63, 3.8) is 0 Å². The van der Waals surface area contributed by atoms with Gasteiger partial charge in [-0.3, -0.25) is 29.9 Å². The molecule has 0 radical (unpaired) electrons. The number of hydrogen-bond acceptors (Lipinski definition) is 11. The van der Waals surface area contributed by atoms with E-state index < -0.39 is 5.82 Å². The predicted molar refractivity (Wildman–Crippen MR) is 218 cm³/mol. The van der Waals surface area contributed by atoms with E-state index in [9.17, 15) is 15.8 Å². The normalized spacial score (nSPS) is 10.8. The first kappa shape index (κ1) is 39.4. The number of nitriles is 3. The Hall–Kier alpha value is -6.88. The average Bonchev–Trinajstić information content (AvgIpc) is 3.23.